The van der Waals surface area contributed by atoms with Gasteiger partial charge in [-0.1, -0.05) is 43.7 Å². The Morgan fingerprint density at radius 3 is 2.65 bits per heavy atom. The standard InChI is InChI=1S/C18H29NO/c1-5-20-12-18(13(2)3)19-17-10-16(11-17)15-8-6-7-14(4)9-15/h6-9,13,16-19H,5,10-12H2,1-4H3. The maximum Gasteiger partial charge on any atom is 0.0622 e. The van der Waals surface area contributed by atoms with Crippen molar-refractivity contribution in [1.29, 1.82) is 0 Å². The molecule has 0 amide bonds. The third kappa shape index (κ3) is 4.07. The molecule has 1 unspecified atom stereocenters. The SMILES string of the molecule is CCOCC(NC1CC(c2cccc(C)c2)C1)C(C)C. The van der Waals surface area contributed by atoms with E-state index in [-0.39, 0.29) is 0 Å². The minimum absolute atomic E-state index is 0.485. The van der Waals surface area contributed by atoms with Crippen molar-refractivity contribution in [3.05, 3.63) is 35.4 Å². The van der Waals surface area contributed by atoms with Crippen molar-refractivity contribution in [2.45, 2.75) is 58.5 Å². The van der Waals surface area contributed by atoms with Gasteiger partial charge in [0.05, 0.1) is 6.61 Å². The fourth-order valence-corrected chi connectivity index (χ4v) is 2.93. The van der Waals surface area contributed by atoms with Crippen molar-refractivity contribution in [3.8, 4) is 0 Å². The average molecular weight is 275 g/mol. The van der Waals surface area contributed by atoms with E-state index in [0.717, 1.165) is 19.1 Å². The zero-order valence-corrected chi connectivity index (χ0v) is 13.4. The minimum atomic E-state index is 0.485. The maximum atomic E-state index is 5.59. The lowest BCUT2D eigenvalue weighted by Crippen LogP contribution is -2.49. The van der Waals surface area contributed by atoms with Gasteiger partial charge in [-0.3, -0.25) is 0 Å². The normalized spacial score (nSPS) is 23.6. The maximum absolute atomic E-state index is 5.59. The number of ether oxygens (including phenoxy) is 1. The average Bonchev–Trinajstić information content (AvgIpc) is 2.36. The number of aryl methyl sites for hydroxylation is 1. The van der Waals surface area contributed by atoms with Gasteiger partial charge in [0.1, 0.15) is 0 Å². The molecular weight excluding hydrogens is 246 g/mol. The molecule has 0 spiro atoms. The second kappa shape index (κ2) is 7.24. The van der Waals surface area contributed by atoms with Crippen LogP contribution in [0.25, 0.3) is 0 Å². The Labute approximate surface area is 123 Å². The summed E-state index contributed by atoms with van der Waals surface area (Å²) >= 11 is 0. The van der Waals surface area contributed by atoms with Crippen molar-refractivity contribution >= 4 is 0 Å². The number of hydrogen-bond acceptors (Lipinski definition) is 2. The summed E-state index contributed by atoms with van der Waals surface area (Å²) in [5, 5.41) is 3.78. The van der Waals surface area contributed by atoms with Gasteiger partial charge in [0.25, 0.3) is 0 Å². The molecule has 112 valence electrons. The Morgan fingerprint density at radius 1 is 1.30 bits per heavy atom. The van der Waals surface area contributed by atoms with E-state index in [1.165, 1.54) is 24.0 Å². The predicted octanol–water partition coefficient (Wildman–Crippen LogP) is 3.89. The Morgan fingerprint density at radius 2 is 2.05 bits per heavy atom. The van der Waals surface area contributed by atoms with E-state index in [0.29, 0.717) is 18.0 Å². The monoisotopic (exact) mass is 275 g/mol. The van der Waals surface area contributed by atoms with Crippen LogP contribution < -0.4 is 5.32 Å². The van der Waals surface area contributed by atoms with Crippen molar-refractivity contribution < 1.29 is 4.74 Å². The van der Waals surface area contributed by atoms with Crippen molar-refractivity contribution in [3.63, 3.8) is 0 Å². The van der Waals surface area contributed by atoms with Crippen LogP contribution in [-0.4, -0.2) is 25.3 Å². The Bertz CT molecular complexity index is 410. The van der Waals surface area contributed by atoms with E-state index in [4.69, 9.17) is 4.74 Å². The van der Waals surface area contributed by atoms with Gasteiger partial charge in [0, 0.05) is 18.7 Å². The van der Waals surface area contributed by atoms with Crippen LogP contribution in [0.4, 0.5) is 0 Å². The molecular formula is C18H29NO. The highest BCUT2D eigenvalue weighted by molar-refractivity contribution is 5.27. The predicted molar refractivity (Wildman–Crippen MR) is 85.2 cm³/mol. The minimum Gasteiger partial charge on any atom is -0.380 e. The van der Waals surface area contributed by atoms with E-state index >= 15 is 0 Å². The van der Waals surface area contributed by atoms with Crippen LogP contribution in [0, 0.1) is 12.8 Å². The smallest absolute Gasteiger partial charge is 0.0622 e. The third-order valence-corrected chi connectivity index (χ3v) is 4.41. The quantitative estimate of drug-likeness (QED) is 0.815. The lowest BCUT2D eigenvalue weighted by atomic mass is 9.75. The molecule has 1 aliphatic rings. The molecule has 0 aliphatic heterocycles. The largest absolute Gasteiger partial charge is 0.380 e. The van der Waals surface area contributed by atoms with Crippen molar-refractivity contribution in [2.75, 3.05) is 13.2 Å². The van der Waals surface area contributed by atoms with Gasteiger partial charge >= 0.3 is 0 Å². The van der Waals surface area contributed by atoms with E-state index in [9.17, 15) is 0 Å². The Balaban J connectivity index is 1.80. The molecule has 2 nitrogen and oxygen atoms in total. The van der Waals surface area contributed by atoms with Crippen molar-refractivity contribution in [2.24, 2.45) is 5.92 Å². The first-order chi connectivity index (χ1) is 9.60. The summed E-state index contributed by atoms with van der Waals surface area (Å²) in [5.41, 5.74) is 2.88. The molecule has 1 aromatic rings. The molecule has 20 heavy (non-hydrogen) atoms. The van der Waals surface area contributed by atoms with Gasteiger partial charge in [-0.25, -0.2) is 0 Å². The molecule has 1 N–H and O–H groups in total. The summed E-state index contributed by atoms with van der Waals surface area (Å²) in [6, 6.07) is 10.1. The fraction of sp³-hybridized carbons (Fsp3) is 0.667. The first-order valence-electron chi connectivity index (χ1n) is 8.00. The molecule has 1 saturated carbocycles. The highest BCUT2D eigenvalue weighted by atomic mass is 16.5. The first-order valence-corrected chi connectivity index (χ1v) is 8.00. The molecule has 2 heteroatoms. The molecule has 0 heterocycles. The van der Waals surface area contributed by atoms with E-state index < -0.39 is 0 Å². The molecule has 1 aromatic carbocycles. The van der Waals surface area contributed by atoms with Gasteiger partial charge in [-0.05, 0) is 44.1 Å². The zero-order chi connectivity index (χ0) is 14.5. The molecule has 1 fully saturated rings. The van der Waals surface area contributed by atoms with Crippen LogP contribution in [0.1, 0.15) is 50.7 Å². The van der Waals surface area contributed by atoms with Crippen molar-refractivity contribution in [1.82, 2.24) is 5.32 Å². The number of benzene rings is 1. The molecule has 0 bridgehead atoms. The van der Waals surface area contributed by atoms with Gasteiger partial charge < -0.3 is 10.1 Å². The number of nitrogens with one attached hydrogen (secondary N) is 1. The van der Waals surface area contributed by atoms with Crippen LogP contribution in [0.3, 0.4) is 0 Å². The highest BCUT2D eigenvalue weighted by Crippen LogP contribution is 2.37. The molecule has 2 rings (SSSR count). The lowest BCUT2D eigenvalue weighted by Gasteiger charge is -2.39. The topological polar surface area (TPSA) is 21.3 Å². The summed E-state index contributed by atoms with van der Waals surface area (Å²) < 4.78 is 5.59. The van der Waals surface area contributed by atoms with E-state index in [1.54, 1.807) is 0 Å². The molecule has 0 aromatic heterocycles. The zero-order valence-electron chi connectivity index (χ0n) is 13.4. The van der Waals surface area contributed by atoms with Crippen LogP contribution >= 0.6 is 0 Å². The summed E-state index contributed by atoms with van der Waals surface area (Å²) in [6.45, 7) is 10.4. The van der Waals surface area contributed by atoms with Crippen LogP contribution in [0.5, 0.6) is 0 Å². The molecule has 1 aliphatic carbocycles. The lowest BCUT2D eigenvalue weighted by molar-refractivity contribution is 0.0943. The first kappa shape index (κ1) is 15.5. The summed E-state index contributed by atoms with van der Waals surface area (Å²) in [7, 11) is 0. The molecule has 0 radical (unpaired) electrons. The summed E-state index contributed by atoms with van der Waals surface area (Å²) in [6.07, 6.45) is 2.53. The van der Waals surface area contributed by atoms with Crippen LogP contribution in [0.2, 0.25) is 0 Å². The summed E-state index contributed by atoms with van der Waals surface area (Å²) in [5.74, 6) is 1.37. The fourth-order valence-electron chi connectivity index (χ4n) is 2.93. The van der Waals surface area contributed by atoms with E-state index in [2.05, 4.69) is 57.3 Å². The Hall–Kier alpha value is -0.860. The van der Waals surface area contributed by atoms with Gasteiger partial charge in [-0.2, -0.15) is 0 Å². The highest BCUT2D eigenvalue weighted by Gasteiger charge is 2.32. The molecule has 1 atom stereocenters. The molecule has 0 saturated heterocycles. The summed E-state index contributed by atoms with van der Waals surface area (Å²) in [4.78, 5) is 0. The second-order valence-electron chi connectivity index (χ2n) is 6.46. The Kier molecular flexibility index (Phi) is 5.62. The van der Waals surface area contributed by atoms with Crippen LogP contribution in [-0.2, 0) is 4.74 Å². The second-order valence-corrected chi connectivity index (χ2v) is 6.46. The van der Waals surface area contributed by atoms with Gasteiger partial charge in [0.15, 0.2) is 0 Å². The van der Waals surface area contributed by atoms with Gasteiger partial charge in [0.2, 0.25) is 0 Å². The van der Waals surface area contributed by atoms with E-state index in [1.807, 2.05) is 0 Å². The third-order valence-electron chi connectivity index (χ3n) is 4.41. The number of hydrogen-bond donors (Lipinski definition) is 1. The van der Waals surface area contributed by atoms with Gasteiger partial charge in [-0.15, -0.1) is 0 Å². The number of rotatable bonds is 7. The van der Waals surface area contributed by atoms with Crippen LogP contribution in [0.15, 0.2) is 24.3 Å².